The molecule has 6 heteroatoms. The molecular weight excluding hydrogens is 548 g/mol. The molecule has 0 amide bonds. The average molecular weight is 585 g/mol. The van der Waals surface area contributed by atoms with Crippen LogP contribution in [0.25, 0.3) is 44.3 Å². The van der Waals surface area contributed by atoms with Gasteiger partial charge in [0.15, 0.2) is 0 Å². The van der Waals surface area contributed by atoms with Gasteiger partial charge in [-0.2, -0.15) is 0 Å². The van der Waals surface area contributed by atoms with Crippen LogP contribution in [0.4, 0.5) is 0 Å². The van der Waals surface area contributed by atoms with Gasteiger partial charge in [0.1, 0.15) is 0 Å². The second-order valence-corrected chi connectivity index (χ2v) is 9.67. The van der Waals surface area contributed by atoms with Crippen LogP contribution in [0.2, 0.25) is 0 Å². The Balaban J connectivity index is 0.000000315. The summed E-state index contributed by atoms with van der Waals surface area (Å²) in [7, 11) is 0. The number of carbonyl (C=O) groups is 2. The molecule has 0 fully saturated rings. The predicted molar refractivity (Wildman–Crippen MR) is 178 cm³/mol. The van der Waals surface area contributed by atoms with E-state index in [1.807, 2.05) is 12.1 Å². The van der Waals surface area contributed by atoms with Crippen molar-refractivity contribution in [2.75, 3.05) is 13.2 Å². The van der Waals surface area contributed by atoms with Crippen molar-refractivity contribution in [1.82, 2.24) is 9.97 Å². The zero-order valence-corrected chi connectivity index (χ0v) is 25.4. The Hall–Kier alpha value is -5.54. The van der Waals surface area contributed by atoms with Crippen molar-refractivity contribution in [1.29, 1.82) is 0 Å². The van der Waals surface area contributed by atoms with Gasteiger partial charge in [-0.3, -0.25) is 9.59 Å². The van der Waals surface area contributed by atoms with Crippen molar-refractivity contribution in [3.05, 3.63) is 120 Å². The molecule has 2 N–H and O–H groups in total. The highest BCUT2D eigenvalue weighted by molar-refractivity contribution is 5.97. The van der Waals surface area contributed by atoms with Gasteiger partial charge in [0.2, 0.25) is 0 Å². The Morgan fingerprint density at radius 1 is 0.545 bits per heavy atom. The number of aromatic amines is 2. The maximum absolute atomic E-state index is 9.82. The van der Waals surface area contributed by atoms with E-state index >= 15 is 0 Å². The second-order valence-electron chi connectivity index (χ2n) is 9.67. The number of benzene rings is 4. The molecule has 2 aromatic heterocycles. The van der Waals surface area contributed by atoms with E-state index in [9.17, 15) is 9.59 Å². The molecule has 0 unspecified atom stereocenters. The molecule has 6 rings (SSSR count). The largest absolute Gasteiger partial charge is 0.466 e. The number of H-pyrrole nitrogens is 2. The lowest BCUT2D eigenvalue weighted by Crippen LogP contribution is -1.95. The van der Waals surface area contributed by atoms with Crippen molar-refractivity contribution in [2.45, 2.75) is 27.7 Å². The molecule has 0 atom stereocenters. The highest BCUT2D eigenvalue weighted by atomic mass is 16.5. The zero-order valence-electron chi connectivity index (χ0n) is 25.4. The maximum atomic E-state index is 9.82. The van der Waals surface area contributed by atoms with E-state index in [4.69, 9.17) is 0 Å². The lowest BCUT2D eigenvalue weighted by atomic mass is 10.0. The quantitative estimate of drug-likeness (QED) is 0.161. The average Bonchev–Trinajstić information content (AvgIpc) is 3.60. The Morgan fingerprint density at radius 3 is 1.20 bits per heavy atom. The van der Waals surface area contributed by atoms with Crippen LogP contribution >= 0.6 is 0 Å². The topological polar surface area (TPSA) is 84.2 Å². The van der Waals surface area contributed by atoms with Crippen LogP contribution in [-0.2, 0) is 19.1 Å². The third-order valence-electron chi connectivity index (χ3n) is 6.54. The van der Waals surface area contributed by atoms with Gasteiger partial charge in [-0.25, -0.2) is 0 Å². The van der Waals surface area contributed by atoms with Gasteiger partial charge in [0, 0.05) is 35.7 Å². The standard InChI is InChI=1S/C30H20N2.2C4H8O2/c1-3-11-21(12-4-1)29-25(23-15-7-9-17-27(23)31-29)19-20-26-24-16-8-10-18-28(24)32-30(26)22-13-5-2-6-14-22;2*1-3-6-4(2)5/h1-18,31-32H;2*3H2,1-2H3. The molecule has 0 spiro atoms. The number of hydrogen-bond acceptors (Lipinski definition) is 4. The normalized spacial score (nSPS) is 10.0. The number of ether oxygens (including phenoxy) is 2. The first-order valence-electron chi connectivity index (χ1n) is 14.5. The number of nitrogens with one attached hydrogen (secondary N) is 2. The highest BCUT2D eigenvalue weighted by Crippen LogP contribution is 2.32. The molecule has 44 heavy (non-hydrogen) atoms. The maximum Gasteiger partial charge on any atom is 0.302 e. The first kappa shape index (κ1) is 31.4. The molecular formula is C38H36N2O4. The summed E-state index contributed by atoms with van der Waals surface area (Å²) >= 11 is 0. The van der Waals surface area contributed by atoms with E-state index in [-0.39, 0.29) is 11.9 Å². The SMILES string of the molecule is C(#Cc1c(-c2ccccc2)[nH]c2ccccc12)c1c(-c2ccccc2)[nH]c2ccccc12.CCOC(C)=O.CCOC(C)=O. The fourth-order valence-corrected chi connectivity index (χ4v) is 4.72. The van der Waals surface area contributed by atoms with E-state index in [0.29, 0.717) is 13.2 Å². The monoisotopic (exact) mass is 584 g/mol. The minimum Gasteiger partial charge on any atom is -0.466 e. The Kier molecular flexibility index (Phi) is 11.1. The first-order valence-corrected chi connectivity index (χ1v) is 14.5. The van der Waals surface area contributed by atoms with Crippen molar-refractivity contribution >= 4 is 33.7 Å². The number of esters is 2. The Labute approximate surface area is 258 Å². The number of carbonyl (C=O) groups excluding carboxylic acids is 2. The van der Waals surface area contributed by atoms with Gasteiger partial charge in [-0.15, -0.1) is 0 Å². The molecule has 6 nitrogen and oxygen atoms in total. The van der Waals surface area contributed by atoms with Gasteiger partial charge >= 0.3 is 11.9 Å². The van der Waals surface area contributed by atoms with Gasteiger partial charge in [0.05, 0.1) is 35.7 Å². The van der Waals surface area contributed by atoms with Crippen LogP contribution in [-0.4, -0.2) is 35.1 Å². The van der Waals surface area contributed by atoms with E-state index < -0.39 is 0 Å². The molecule has 222 valence electrons. The van der Waals surface area contributed by atoms with Crippen LogP contribution < -0.4 is 0 Å². The number of fused-ring (bicyclic) bond motifs is 2. The highest BCUT2D eigenvalue weighted by Gasteiger charge is 2.13. The molecule has 0 aliphatic heterocycles. The fourth-order valence-electron chi connectivity index (χ4n) is 4.72. The molecule has 0 saturated carbocycles. The number of hydrogen-bond donors (Lipinski definition) is 2. The molecule has 6 aromatic rings. The summed E-state index contributed by atoms with van der Waals surface area (Å²) in [4.78, 5) is 26.8. The smallest absolute Gasteiger partial charge is 0.302 e. The lowest BCUT2D eigenvalue weighted by Gasteiger charge is -2.00. The van der Waals surface area contributed by atoms with Crippen molar-refractivity contribution in [3.8, 4) is 34.4 Å². The molecule has 0 bridgehead atoms. The summed E-state index contributed by atoms with van der Waals surface area (Å²) in [5, 5.41) is 2.28. The van der Waals surface area contributed by atoms with Gasteiger partial charge in [-0.1, -0.05) is 109 Å². The van der Waals surface area contributed by atoms with Crippen LogP contribution in [0.15, 0.2) is 109 Å². The van der Waals surface area contributed by atoms with Crippen molar-refractivity contribution < 1.29 is 19.1 Å². The lowest BCUT2D eigenvalue weighted by molar-refractivity contribution is -0.141. The molecule has 0 aliphatic carbocycles. The molecule has 0 aliphatic rings. The third kappa shape index (κ3) is 8.05. The molecule has 0 radical (unpaired) electrons. The minimum atomic E-state index is -0.211. The summed E-state index contributed by atoms with van der Waals surface area (Å²) in [5.41, 5.74) is 8.62. The summed E-state index contributed by atoms with van der Waals surface area (Å²) in [5.74, 6) is 6.66. The van der Waals surface area contributed by atoms with E-state index in [2.05, 4.69) is 128 Å². The number of aromatic nitrogens is 2. The summed E-state index contributed by atoms with van der Waals surface area (Å²) in [6.07, 6.45) is 0. The summed E-state index contributed by atoms with van der Waals surface area (Å²) < 4.78 is 8.81. The molecule has 2 heterocycles. The van der Waals surface area contributed by atoms with Gasteiger partial charge < -0.3 is 19.4 Å². The van der Waals surface area contributed by atoms with E-state index in [1.165, 1.54) is 13.8 Å². The van der Waals surface area contributed by atoms with Crippen LogP contribution in [0.3, 0.4) is 0 Å². The number of rotatable bonds is 4. The zero-order chi connectivity index (χ0) is 31.3. The van der Waals surface area contributed by atoms with Gasteiger partial charge in [-0.05, 0) is 37.1 Å². The third-order valence-corrected chi connectivity index (χ3v) is 6.54. The van der Waals surface area contributed by atoms with Gasteiger partial charge in [0.25, 0.3) is 0 Å². The molecule has 4 aromatic carbocycles. The van der Waals surface area contributed by atoms with Crippen LogP contribution in [0, 0.1) is 11.8 Å². The summed E-state index contributed by atoms with van der Waals surface area (Å²) in [6, 6.07) is 37.5. The van der Waals surface area contributed by atoms with E-state index in [1.54, 1.807) is 13.8 Å². The first-order chi connectivity index (χ1) is 21.4. The predicted octanol–water partition coefficient (Wildman–Crippen LogP) is 8.52. The summed E-state index contributed by atoms with van der Waals surface area (Å²) in [6.45, 7) is 7.31. The number of para-hydroxylation sites is 2. The van der Waals surface area contributed by atoms with Crippen molar-refractivity contribution in [2.24, 2.45) is 0 Å². The second kappa shape index (κ2) is 15.6. The van der Waals surface area contributed by atoms with E-state index in [0.717, 1.165) is 55.4 Å². The van der Waals surface area contributed by atoms with Crippen LogP contribution in [0.5, 0.6) is 0 Å². The van der Waals surface area contributed by atoms with Crippen molar-refractivity contribution in [3.63, 3.8) is 0 Å². The molecule has 0 saturated heterocycles. The minimum absolute atomic E-state index is 0.211. The van der Waals surface area contributed by atoms with Crippen LogP contribution in [0.1, 0.15) is 38.8 Å². The Morgan fingerprint density at radius 2 is 0.886 bits per heavy atom. The Bertz CT molecular complexity index is 1750. The fraction of sp³-hybridized carbons (Fsp3) is 0.158.